The Kier molecular flexibility index (Phi) is 5.41. The summed E-state index contributed by atoms with van der Waals surface area (Å²) >= 11 is 0. The van der Waals surface area contributed by atoms with Crippen molar-refractivity contribution < 1.29 is 14.3 Å². The number of anilines is 1. The predicted molar refractivity (Wildman–Crippen MR) is 85.8 cm³/mol. The zero-order valence-corrected chi connectivity index (χ0v) is 13.5. The summed E-state index contributed by atoms with van der Waals surface area (Å²) in [5, 5.41) is 2.87. The third kappa shape index (κ3) is 4.00. The Morgan fingerprint density at radius 1 is 1.36 bits per heavy atom. The van der Waals surface area contributed by atoms with Gasteiger partial charge in [-0.1, -0.05) is 6.92 Å². The van der Waals surface area contributed by atoms with Crippen molar-refractivity contribution in [3.63, 3.8) is 0 Å². The Bertz CT molecular complexity index is 525. The van der Waals surface area contributed by atoms with E-state index in [1.54, 1.807) is 4.90 Å². The number of ether oxygens (including phenoxy) is 1. The standard InChI is InChI=1S/C17H24N2O3/c1-4-9-22-15-7-5-14(6-8-15)18-17(21)13-10-16(20)19(11-13)12(2)3/h5-8,12-13H,4,9-11H2,1-3H3,(H,18,21)/t13-/m1/s1. The number of hydrogen-bond acceptors (Lipinski definition) is 3. The van der Waals surface area contributed by atoms with Crippen LogP contribution < -0.4 is 10.1 Å². The molecule has 5 heteroatoms. The molecule has 0 aromatic heterocycles. The molecule has 0 saturated carbocycles. The van der Waals surface area contributed by atoms with E-state index in [4.69, 9.17) is 4.74 Å². The van der Waals surface area contributed by atoms with Crippen molar-refractivity contribution in [2.75, 3.05) is 18.5 Å². The first-order valence-corrected chi connectivity index (χ1v) is 7.84. The number of nitrogens with one attached hydrogen (secondary N) is 1. The molecule has 0 bridgehead atoms. The molecule has 120 valence electrons. The highest BCUT2D eigenvalue weighted by atomic mass is 16.5. The highest BCUT2D eigenvalue weighted by Gasteiger charge is 2.35. The van der Waals surface area contributed by atoms with Gasteiger partial charge >= 0.3 is 0 Å². The van der Waals surface area contributed by atoms with Crippen molar-refractivity contribution in [2.24, 2.45) is 5.92 Å². The van der Waals surface area contributed by atoms with Crippen LogP contribution in [0.15, 0.2) is 24.3 Å². The molecule has 0 unspecified atom stereocenters. The van der Waals surface area contributed by atoms with Gasteiger partial charge in [0.25, 0.3) is 0 Å². The number of amides is 2. The first-order chi connectivity index (χ1) is 10.5. The minimum atomic E-state index is -0.272. The van der Waals surface area contributed by atoms with Crippen molar-refractivity contribution in [3.8, 4) is 5.75 Å². The second-order valence-electron chi connectivity index (χ2n) is 5.90. The van der Waals surface area contributed by atoms with E-state index >= 15 is 0 Å². The van der Waals surface area contributed by atoms with Crippen LogP contribution in [0.25, 0.3) is 0 Å². The number of likely N-dealkylation sites (tertiary alicyclic amines) is 1. The number of benzene rings is 1. The van der Waals surface area contributed by atoms with Gasteiger partial charge in [-0.2, -0.15) is 0 Å². The van der Waals surface area contributed by atoms with E-state index in [1.165, 1.54) is 0 Å². The monoisotopic (exact) mass is 304 g/mol. The maximum Gasteiger partial charge on any atom is 0.229 e. The quantitative estimate of drug-likeness (QED) is 0.879. The second-order valence-corrected chi connectivity index (χ2v) is 5.90. The molecule has 1 N–H and O–H groups in total. The Hall–Kier alpha value is -2.04. The van der Waals surface area contributed by atoms with Crippen LogP contribution in [0.4, 0.5) is 5.69 Å². The Balaban J connectivity index is 1.91. The summed E-state index contributed by atoms with van der Waals surface area (Å²) in [6.45, 7) is 7.17. The molecule has 1 aromatic carbocycles. The van der Waals surface area contributed by atoms with Crippen molar-refractivity contribution in [3.05, 3.63) is 24.3 Å². The van der Waals surface area contributed by atoms with Gasteiger partial charge in [-0.05, 0) is 44.5 Å². The van der Waals surface area contributed by atoms with Crippen LogP contribution in [0.1, 0.15) is 33.6 Å². The lowest BCUT2D eigenvalue weighted by molar-refractivity contribution is -0.129. The lowest BCUT2D eigenvalue weighted by Gasteiger charge is -2.20. The average Bonchev–Trinajstić information content (AvgIpc) is 2.89. The average molecular weight is 304 g/mol. The largest absolute Gasteiger partial charge is 0.494 e. The van der Waals surface area contributed by atoms with Gasteiger partial charge in [0, 0.05) is 24.7 Å². The molecule has 0 aliphatic carbocycles. The summed E-state index contributed by atoms with van der Waals surface area (Å²) in [6.07, 6.45) is 1.25. The van der Waals surface area contributed by atoms with E-state index in [1.807, 2.05) is 38.1 Å². The number of carbonyl (C=O) groups is 2. The SMILES string of the molecule is CCCOc1ccc(NC(=O)[C@@H]2CC(=O)N(C(C)C)C2)cc1. The van der Waals surface area contributed by atoms with Crippen LogP contribution in [0, 0.1) is 5.92 Å². The number of nitrogens with zero attached hydrogens (tertiary/aromatic N) is 1. The molecule has 0 spiro atoms. The third-order valence-corrected chi connectivity index (χ3v) is 3.75. The molecule has 1 heterocycles. The fraction of sp³-hybridized carbons (Fsp3) is 0.529. The van der Waals surface area contributed by atoms with Gasteiger partial charge in [0.1, 0.15) is 5.75 Å². The Morgan fingerprint density at radius 2 is 2.05 bits per heavy atom. The zero-order chi connectivity index (χ0) is 16.1. The van der Waals surface area contributed by atoms with E-state index in [0.29, 0.717) is 19.6 Å². The van der Waals surface area contributed by atoms with Crippen LogP contribution >= 0.6 is 0 Å². The maximum absolute atomic E-state index is 12.3. The van der Waals surface area contributed by atoms with Gasteiger partial charge in [-0.3, -0.25) is 9.59 Å². The van der Waals surface area contributed by atoms with E-state index in [-0.39, 0.29) is 23.8 Å². The highest BCUT2D eigenvalue weighted by molar-refractivity contribution is 5.97. The molecule has 5 nitrogen and oxygen atoms in total. The van der Waals surface area contributed by atoms with Crippen molar-refractivity contribution >= 4 is 17.5 Å². The molecule has 1 aliphatic rings. The molecule has 1 atom stereocenters. The van der Waals surface area contributed by atoms with Crippen molar-refractivity contribution in [1.29, 1.82) is 0 Å². The van der Waals surface area contributed by atoms with E-state index in [0.717, 1.165) is 17.9 Å². The van der Waals surface area contributed by atoms with Crippen LogP contribution in [0.3, 0.4) is 0 Å². The number of rotatable bonds is 6. The highest BCUT2D eigenvalue weighted by Crippen LogP contribution is 2.22. The van der Waals surface area contributed by atoms with Crippen LogP contribution in [0.5, 0.6) is 5.75 Å². The summed E-state index contributed by atoms with van der Waals surface area (Å²) in [7, 11) is 0. The Labute approximate surface area is 131 Å². The zero-order valence-electron chi connectivity index (χ0n) is 13.5. The summed E-state index contributed by atoms with van der Waals surface area (Å²) < 4.78 is 5.51. The lowest BCUT2D eigenvalue weighted by atomic mass is 10.1. The van der Waals surface area contributed by atoms with Gasteiger partial charge in [0.05, 0.1) is 12.5 Å². The topological polar surface area (TPSA) is 58.6 Å². The maximum atomic E-state index is 12.3. The molecular weight excluding hydrogens is 280 g/mol. The second kappa shape index (κ2) is 7.29. The van der Waals surface area contributed by atoms with Gasteiger partial charge in [0.2, 0.25) is 11.8 Å². The third-order valence-electron chi connectivity index (χ3n) is 3.75. The molecular formula is C17H24N2O3. The molecule has 2 amide bonds. The van der Waals surface area contributed by atoms with Crippen LogP contribution in [-0.4, -0.2) is 35.9 Å². The fourth-order valence-corrected chi connectivity index (χ4v) is 2.50. The number of hydrogen-bond donors (Lipinski definition) is 1. The molecule has 2 rings (SSSR count). The smallest absolute Gasteiger partial charge is 0.229 e. The predicted octanol–water partition coefficient (Wildman–Crippen LogP) is 2.67. The minimum absolute atomic E-state index is 0.0541. The summed E-state index contributed by atoms with van der Waals surface area (Å²) in [5.41, 5.74) is 0.726. The molecule has 1 fully saturated rings. The summed E-state index contributed by atoms with van der Waals surface area (Å²) in [4.78, 5) is 25.9. The fourth-order valence-electron chi connectivity index (χ4n) is 2.50. The van der Waals surface area contributed by atoms with E-state index in [9.17, 15) is 9.59 Å². The molecule has 1 aliphatic heterocycles. The van der Waals surface area contributed by atoms with Crippen molar-refractivity contribution in [1.82, 2.24) is 4.90 Å². The molecule has 1 saturated heterocycles. The van der Waals surface area contributed by atoms with E-state index < -0.39 is 0 Å². The van der Waals surface area contributed by atoms with Gasteiger partial charge < -0.3 is 15.0 Å². The van der Waals surface area contributed by atoms with Crippen molar-refractivity contribution in [2.45, 2.75) is 39.7 Å². The normalized spacial score (nSPS) is 17.9. The summed E-state index contributed by atoms with van der Waals surface area (Å²) in [5.74, 6) is 0.477. The van der Waals surface area contributed by atoms with Gasteiger partial charge in [-0.15, -0.1) is 0 Å². The molecule has 0 radical (unpaired) electrons. The first kappa shape index (κ1) is 16.3. The summed E-state index contributed by atoms with van der Waals surface area (Å²) in [6, 6.07) is 7.46. The van der Waals surface area contributed by atoms with Crippen LogP contribution in [0.2, 0.25) is 0 Å². The molecule has 1 aromatic rings. The first-order valence-electron chi connectivity index (χ1n) is 7.84. The van der Waals surface area contributed by atoms with Gasteiger partial charge in [-0.25, -0.2) is 0 Å². The lowest BCUT2D eigenvalue weighted by Crippen LogP contribution is -2.33. The van der Waals surface area contributed by atoms with E-state index in [2.05, 4.69) is 12.2 Å². The molecule has 22 heavy (non-hydrogen) atoms. The minimum Gasteiger partial charge on any atom is -0.494 e. The Morgan fingerprint density at radius 3 is 2.59 bits per heavy atom. The van der Waals surface area contributed by atoms with Gasteiger partial charge in [0.15, 0.2) is 0 Å². The van der Waals surface area contributed by atoms with Crippen LogP contribution in [-0.2, 0) is 9.59 Å². The number of carbonyl (C=O) groups excluding carboxylic acids is 2.